The summed E-state index contributed by atoms with van der Waals surface area (Å²) in [5.41, 5.74) is 4.37. The van der Waals surface area contributed by atoms with Gasteiger partial charge in [0.25, 0.3) is 5.91 Å². The molecule has 0 aliphatic carbocycles. The van der Waals surface area contributed by atoms with Crippen LogP contribution in [0.5, 0.6) is 0 Å². The number of nitrogens with one attached hydrogen (secondary N) is 3. The fourth-order valence-electron chi connectivity index (χ4n) is 2.79. The minimum atomic E-state index is -0.0443. The van der Waals surface area contributed by atoms with E-state index in [0.717, 1.165) is 31.0 Å². The molecule has 3 N–H and O–H groups in total. The Kier molecular flexibility index (Phi) is 11.2. The number of aliphatic imine (C=N–C) groups is 1. The lowest BCUT2D eigenvalue weighted by atomic mass is 10.1. The van der Waals surface area contributed by atoms with Gasteiger partial charge in [-0.15, -0.1) is 24.0 Å². The number of amides is 1. The number of carbonyl (C=O) groups is 1. The van der Waals surface area contributed by atoms with Crippen LogP contribution in [0.1, 0.15) is 47.8 Å². The van der Waals surface area contributed by atoms with Gasteiger partial charge in [-0.05, 0) is 49.1 Å². The summed E-state index contributed by atoms with van der Waals surface area (Å²) in [5.74, 6) is 0.744. The molecule has 0 spiro atoms. The Hall–Kier alpha value is -2.09. The van der Waals surface area contributed by atoms with Gasteiger partial charge in [0.1, 0.15) is 0 Å². The molecule has 0 heterocycles. The average molecular weight is 494 g/mol. The fraction of sp³-hybridized carbons (Fsp3) is 0.364. The molecule has 28 heavy (non-hydrogen) atoms. The molecule has 2 aromatic rings. The quantitative estimate of drug-likeness (QED) is 0.297. The van der Waals surface area contributed by atoms with Gasteiger partial charge in [0.05, 0.1) is 6.54 Å². The molecule has 0 radical (unpaired) electrons. The fourth-order valence-corrected chi connectivity index (χ4v) is 2.79. The van der Waals surface area contributed by atoms with E-state index in [1.807, 2.05) is 31.2 Å². The van der Waals surface area contributed by atoms with E-state index in [9.17, 15) is 4.79 Å². The molecule has 0 aliphatic rings. The van der Waals surface area contributed by atoms with Crippen molar-refractivity contribution in [3.8, 4) is 0 Å². The van der Waals surface area contributed by atoms with Crippen molar-refractivity contribution in [2.75, 3.05) is 13.1 Å². The summed E-state index contributed by atoms with van der Waals surface area (Å²) in [6, 6.07) is 16.0. The van der Waals surface area contributed by atoms with Crippen LogP contribution in [0.15, 0.2) is 53.5 Å². The number of aryl methyl sites for hydroxylation is 1. The molecule has 0 aromatic heterocycles. The molecule has 5 nitrogen and oxygen atoms in total. The maximum absolute atomic E-state index is 11.8. The Labute approximate surface area is 185 Å². The molecule has 0 fully saturated rings. The molecule has 0 saturated heterocycles. The number of halogens is 1. The first-order valence-electron chi connectivity index (χ1n) is 9.64. The first kappa shape index (κ1) is 23.9. The van der Waals surface area contributed by atoms with Crippen LogP contribution < -0.4 is 16.0 Å². The predicted molar refractivity (Wildman–Crippen MR) is 127 cm³/mol. The largest absolute Gasteiger partial charge is 0.357 e. The summed E-state index contributed by atoms with van der Waals surface area (Å²) < 4.78 is 0. The van der Waals surface area contributed by atoms with Crippen molar-refractivity contribution in [2.45, 2.75) is 40.3 Å². The highest BCUT2D eigenvalue weighted by Crippen LogP contribution is 2.09. The van der Waals surface area contributed by atoms with Crippen molar-refractivity contribution in [3.63, 3.8) is 0 Å². The summed E-state index contributed by atoms with van der Waals surface area (Å²) >= 11 is 0. The van der Waals surface area contributed by atoms with Crippen LogP contribution in [0.25, 0.3) is 0 Å². The van der Waals surface area contributed by atoms with Gasteiger partial charge in [0.2, 0.25) is 0 Å². The summed E-state index contributed by atoms with van der Waals surface area (Å²) in [4.78, 5) is 16.5. The Balaban J connectivity index is 0.00000392. The van der Waals surface area contributed by atoms with Crippen molar-refractivity contribution in [1.82, 2.24) is 16.0 Å². The minimum Gasteiger partial charge on any atom is -0.357 e. The first-order valence-corrected chi connectivity index (χ1v) is 9.64. The highest BCUT2D eigenvalue weighted by molar-refractivity contribution is 14.0. The number of nitrogens with zero attached hydrogens (tertiary/aromatic N) is 1. The van der Waals surface area contributed by atoms with Gasteiger partial charge in [-0.2, -0.15) is 0 Å². The second-order valence-corrected chi connectivity index (χ2v) is 6.23. The molecule has 0 saturated carbocycles. The van der Waals surface area contributed by atoms with E-state index in [-0.39, 0.29) is 29.9 Å². The summed E-state index contributed by atoms with van der Waals surface area (Å²) in [6.07, 6.45) is 1.02. The van der Waals surface area contributed by atoms with Gasteiger partial charge in [0, 0.05) is 25.2 Å². The molecule has 6 heteroatoms. The molecule has 0 unspecified atom stereocenters. The van der Waals surface area contributed by atoms with Gasteiger partial charge in [0.15, 0.2) is 5.96 Å². The van der Waals surface area contributed by atoms with Crippen molar-refractivity contribution < 1.29 is 4.79 Å². The molecule has 0 aliphatic heterocycles. The molecular weight excluding hydrogens is 463 g/mol. The van der Waals surface area contributed by atoms with Crippen molar-refractivity contribution in [3.05, 3.63) is 70.8 Å². The number of carbonyl (C=O) groups excluding carboxylic acids is 1. The smallest absolute Gasteiger partial charge is 0.251 e. The van der Waals surface area contributed by atoms with E-state index in [1.165, 1.54) is 11.1 Å². The maximum atomic E-state index is 11.8. The summed E-state index contributed by atoms with van der Waals surface area (Å²) in [5, 5.41) is 9.49. The van der Waals surface area contributed by atoms with Crippen LogP contribution >= 0.6 is 24.0 Å². The topological polar surface area (TPSA) is 65.5 Å². The molecule has 2 aromatic carbocycles. The Morgan fingerprint density at radius 1 is 0.857 bits per heavy atom. The predicted octanol–water partition coefficient (Wildman–Crippen LogP) is 3.87. The zero-order valence-electron chi connectivity index (χ0n) is 16.9. The normalized spacial score (nSPS) is 10.8. The van der Waals surface area contributed by atoms with Crippen LogP contribution in [-0.4, -0.2) is 25.0 Å². The van der Waals surface area contributed by atoms with E-state index in [4.69, 9.17) is 0 Å². The van der Waals surface area contributed by atoms with E-state index >= 15 is 0 Å². The summed E-state index contributed by atoms with van der Waals surface area (Å²) in [7, 11) is 0. The van der Waals surface area contributed by atoms with Crippen molar-refractivity contribution >= 4 is 35.8 Å². The second-order valence-electron chi connectivity index (χ2n) is 6.23. The third kappa shape index (κ3) is 7.50. The van der Waals surface area contributed by atoms with Crippen LogP contribution in [0, 0.1) is 0 Å². The maximum Gasteiger partial charge on any atom is 0.251 e. The van der Waals surface area contributed by atoms with Crippen LogP contribution in [0.4, 0.5) is 0 Å². The number of hydrogen-bond donors (Lipinski definition) is 3. The number of benzene rings is 2. The van der Waals surface area contributed by atoms with Gasteiger partial charge < -0.3 is 16.0 Å². The van der Waals surface area contributed by atoms with Gasteiger partial charge in [-0.25, -0.2) is 4.99 Å². The molecule has 2 rings (SSSR count). The monoisotopic (exact) mass is 494 g/mol. The number of guanidine groups is 1. The molecule has 152 valence electrons. The number of rotatable bonds is 8. The van der Waals surface area contributed by atoms with E-state index < -0.39 is 0 Å². The van der Waals surface area contributed by atoms with Crippen LogP contribution in [0.2, 0.25) is 0 Å². The third-order valence-electron chi connectivity index (χ3n) is 4.26. The third-order valence-corrected chi connectivity index (χ3v) is 4.26. The zero-order valence-corrected chi connectivity index (χ0v) is 19.2. The molecule has 0 atom stereocenters. The van der Waals surface area contributed by atoms with E-state index in [0.29, 0.717) is 18.7 Å². The highest BCUT2D eigenvalue weighted by atomic mass is 127. The van der Waals surface area contributed by atoms with Gasteiger partial charge in [-0.1, -0.05) is 43.3 Å². The Morgan fingerprint density at radius 3 is 2.11 bits per heavy atom. The molecular formula is C22H31IN4O. The molecule has 1 amide bonds. The SMILES string of the molecule is CCNC(=O)c1ccc(CN=C(NCC)NCc2ccccc2CC)cc1.I. The minimum absolute atomic E-state index is 0. The van der Waals surface area contributed by atoms with E-state index in [1.54, 1.807) is 0 Å². The Morgan fingerprint density at radius 2 is 1.50 bits per heavy atom. The lowest BCUT2D eigenvalue weighted by molar-refractivity contribution is 0.0956. The van der Waals surface area contributed by atoms with Crippen LogP contribution in [-0.2, 0) is 19.5 Å². The van der Waals surface area contributed by atoms with Crippen LogP contribution in [0.3, 0.4) is 0 Å². The lowest BCUT2D eigenvalue weighted by Gasteiger charge is -2.13. The Bertz CT molecular complexity index is 759. The zero-order chi connectivity index (χ0) is 19.5. The first-order chi connectivity index (χ1) is 13.2. The highest BCUT2D eigenvalue weighted by Gasteiger charge is 2.04. The van der Waals surface area contributed by atoms with Gasteiger partial charge in [-0.3, -0.25) is 4.79 Å². The summed E-state index contributed by atoms with van der Waals surface area (Å²) in [6.45, 7) is 8.86. The van der Waals surface area contributed by atoms with E-state index in [2.05, 4.69) is 59.1 Å². The van der Waals surface area contributed by atoms with Gasteiger partial charge >= 0.3 is 0 Å². The average Bonchev–Trinajstić information content (AvgIpc) is 2.71. The molecule has 0 bridgehead atoms. The van der Waals surface area contributed by atoms with Crippen molar-refractivity contribution in [1.29, 1.82) is 0 Å². The lowest BCUT2D eigenvalue weighted by Crippen LogP contribution is -2.37. The van der Waals surface area contributed by atoms with Crippen molar-refractivity contribution in [2.24, 2.45) is 4.99 Å². The standard InChI is InChI=1S/C22H30N4O.HI/c1-4-18-9-7-8-10-20(18)16-26-22(24-6-3)25-15-17-11-13-19(14-12-17)21(27)23-5-2;/h7-14H,4-6,15-16H2,1-3H3,(H,23,27)(H2,24,25,26);1H. The second kappa shape index (κ2) is 13.1. The number of hydrogen-bond acceptors (Lipinski definition) is 2.